The van der Waals surface area contributed by atoms with Gasteiger partial charge in [-0.1, -0.05) is 35.9 Å². The van der Waals surface area contributed by atoms with Crippen molar-refractivity contribution < 1.29 is 4.42 Å². The van der Waals surface area contributed by atoms with Crippen LogP contribution in [-0.4, -0.2) is 15.8 Å². The number of hydrogen-bond acceptors (Lipinski definition) is 4. The average molecular weight is 365 g/mol. The van der Waals surface area contributed by atoms with Crippen molar-refractivity contribution in [3.63, 3.8) is 0 Å². The predicted molar refractivity (Wildman–Crippen MR) is 106 cm³/mol. The zero-order valence-corrected chi connectivity index (χ0v) is 15.2. The van der Waals surface area contributed by atoms with Gasteiger partial charge < -0.3 is 8.98 Å². The molecule has 2 aromatic carbocycles. The summed E-state index contributed by atoms with van der Waals surface area (Å²) in [5.74, 6) is 2.05. The van der Waals surface area contributed by atoms with Gasteiger partial charge in [-0.25, -0.2) is 10.4 Å². The molecule has 130 valence electrons. The van der Waals surface area contributed by atoms with Crippen LogP contribution in [0.2, 0.25) is 5.02 Å². The van der Waals surface area contributed by atoms with E-state index in [-0.39, 0.29) is 0 Å². The molecule has 0 aliphatic rings. The molecule has 1 N–H and O–H groups in total. The second kappa shape index (κ2) is 6.69. The Balaban J connectivity index is 1.51. The van der Waals surface area contributed by atoms with Crippen LogP contribution in [0.4, 0.5) is 5.95 Å². The third-order valence-electron chi connectivity index (χ3n) is 4.23. The molecule has 6 heteroatoms. The Morgan fingerprint density at radius 2 is 2.00 bits per heavy atom. The Labute approximate surface area is 155 Å². The highest BCUT2D eigenvalue weighted by atomic mass is 35.5. The van der Waals surface area contributed by atoms with Crippen LogP contribution in [0.5, 0.6) is 0 Å². The number of para-hydroxylation sites is 2. The first-order valence-electron chi connectivity index (χ1n) is 8.19. The number of imidazole rings is 1. The SMILES string of the molecule is Cc1ccc(-c2ccc(/C=N\Nc3nc4ccccc4n3C)o2)cc1Cl. The lowest BCUT2D eigenvalue weighted by Gasteiger charge is -2.01. The molecular weight excluding hydrogens is 348 g/mol. The number of halogens is 1. The third kappa shape index (κ3) is 3.09. The quantitative estimate of drug-likeness (QED) is 0.398. The minimum Gasteiger partial charge on any atom is -0.455 e. The molecular formula is C20H17ClN4O. The minimum absolute atomic E-state index is 0.642. The van der Waals surface area contributed by atoms with E-state index in [1.807, 2.05) is 73.1 Å². The zero-order valence-electron chi connectivity index (χ0n) is 14.4. The van der Waals surface area contributed by atoms with Crippen LogP contribution in [0.3, 0.4) is 0 Å². The summed E-state index contributed by atoms with van der Waals surface area (Å²) in [5, 5.41) is 4.95. The third-order valence-corrected chi connectivity index (χ3v) is 4.63. The van der Waals surface area contributed by atoms with Crippen LogP contribution in [0, 0.1) is 6.92 Å². The maximum Gasteiger partial charge on any atom is 0.224 e. The van der Waals surface area contributed by atoms with E-state index in [0.29, 0.717) is 11.7 Å². The number of aromatic nitrogens is 2. The van der Waals surface area contributed by atoms with Gasteiger partial charge in [0.05, 0.1) is 17.2 Å². The summed E-state index contributed by atoms with van der Waals surface area (Å²) >= 11 is 6.18. The highest BCUT2D eigenvalue weighted by Gasteiger charge is 2.07. The van der Waals surface area contributed by atoms with Crippen molar-refractivity contribution in [2.24, 2.45) is 12.1 Å². The minimum atomic E-state index is 0.642. The molecule has 0 aliphatic carbocycles. The summed E-state index contributed by atoms with van der Waals surface area (Å²) in [5.41, 5.74) is 6.89. The Morgan fingerprint density at radius 1 is 1.15 bits per heavy atom. The van der Waals surface area contributed by atoms with Crippen molar-refractivity contribution >= 4 is 34.8 Å². The van der Waals surface area contributed by atoms with Gasteiger partial charge in [0.1, 0.15) is 11.5 Å². The molecule has 2 heterocycles. The Bertz CT molecular complexity index is 1110. The number of anilines is 1. The summed E-state index contributed by atoms with van der Waals surface area (Å²) in [6, 6.07) is 17.6. The molecule has 0 spiro atoms. The topological polar surface area (TPSA) is 55.4 Å². The molecule has 26 heavy (non-hydrogen) atoms. The van der Waals surface area contributed by atoms with Crippen molar-refractivity contribution in [3.8, 4) is 11.3 Å². The monoisotopic (exact) mass is 364 g/mol. The van der Waals surface area contributed by atoms with E-state index in [1.54, 1.807) is 6.21 Å². The fraction of sp³-hybridized carbons (Fsp3) is 0.100. The molecule has 4 rings (SSSR count). The first kappa shape index (κ1) is 16.4. The molecule has 0 bridgehead atoms. The lowest BCUT2D eigenvalue weighted by atomic mass is 10.1. The van der Waals surface area contributed by atoms with Gasteiger partial charge in [0.15, 0.2) is 0 Å². The Kier molecular flexibility index (Phi) is 4.22. The van der Waals surface area contributed by atoms with E-state index in [1.165, 1.54) is 0 Å². The standard InChI is InChI=1S/C20H17ClN4O/c1-13-7-8-14(11-16(13)21)19-10-9-15(26-19)12-22-24-20-23-17-5-3-4-6-18(17)25(20)2/h3-12H,1-2H3,(H,23,24)/b22-12-. The molecule has 0 saturated carbocycles. The first-order valence-corrected chi connectivity index (χ1v) is 8.56. The molecule has 2 aromatic heterocycles. The average Bonchev–Trinajstić information content (AvgIpc) is 3.23. The van der Waals surface area contributed by atoms with Crippen LogP contribution in [0.15, 0.2) is 64.1 Å². The molecule has 0 fully saturated rings. The number of aryl methyl sites for hydroxylation is 2. The summed E-state index contributed by atoms with van der Waals surface area (Å²) in [6.45, 7) is 1.97. The largest absolute Gasteiger partial charge is 0.455 e. The van der Waals surface area contributed by atoms with Gasteiger partial charge in [-0.3, -0.25) is 0 Å². The second-order valence-corrected chi connectivity index (χ2v) is 6.43. The van der Waals surface area contributed by atoms with E-state index < -0.39 is 0 Å². The fourth-order valence-corrected chi connectivity index (χ4v) is 2.90. The lowest BCUT2D eigenvalue weighted by Crippen LogP contribution is -1.98. The number of fused-ring (bicyclic) bond motifs is 1. The molecule has 0 unspecified atom stereocenters. The fourth-order valence-electron chi connectivity index (χ4n) is 2.72. The van der Waals surface area contributed by atoms with E-state index in [2.05, 4.69) is 15.5 Å². The highest BCUT2D eigenvalue weighted by molar-refractivity contribution is 6.31. The van der Waals surface area contributed by atoms with Gasteiger partial charge in [-0.05, 0) is 42.8 Å². The van der Waals surface area contributed by atoms with Crippen molar-refractivity contribution in [2.45, 2.75) is 6.92 Å². The number of benzene rings is 2. The number of nitrogens with one attached hydrogen (secondary N) is 1. The van der Waals surface area contributed by atoms with E-state index in [0.717, 1.165) is 32.9 Å². The Morgan fingerprint density at radius 3 is 2.81 bits per heavy atom. The van der Waals surface area contributed by atoms with Crippen LogP contribution in [-0.2, 0) is 7.05 Å². The Hall–Kier alpha value is -3.05. The number of nitrogens with zero attached hydrogens (tertiary/aromatic N) is 3. The molecule has 0 aliphatic heterocycles. The number of furan rings is 1. The van der Waals surface area contributed by atoms with Gasteiger partial charge >= 0.3 is 0 Å². The van der Waals surface area contributed by atoms with E-state index >= 15 is 0 Å². The molecule has 5 nitrogen and oxygen atoms in total. The van der Waals surface area contributed by atoms with Crippen LogP contribution < -0.4 is 5.43 Å². The summed E-state index contributed by atoms with van der Waals surface area (Å²) in [4.78, 5) is 4.51. The van der Waals surface area contributed by atoms with Gasteiger partial charge in [0, 0.05) is 17.6 Å². The summed E-state index contributed by atoms with van der Waals surface area (Å²) in [7, 11) is 1.94. The van der Waals surface area contributed by atoms with E-state index in [9.17, 15) is 0 Å². The van der Waals surface area contributed by atoms with Crippen molar-refractivity contribution in [2.75, 3.05) is 5.43 Å². The highest BCUT2D eigenvalue weighted by Crippen LogP contribution is 2.26. The summed E-state index contributed by atoms with van der Waals surface area (Å²) in [6.07, 6.45) is 1.62. The maximum atomic E-state index is 6.18. The smallest absolute Gasteiger partial charge is 0.224 e. The number of rotatable bonds is 4. The normalized spacial score (nSPS) is 11.5. The van der Waals surface area contributed by atoms with E-state index in [4.69, 9.17) is 16.0 Å². The molecule has 0 radical (unpaired) electrons. The number of hydrogen-bond donors (Lipinski definition) is 1. The number of hydrazone groups is 1. The van der Waals surface area contributed by atoms with Gasteiger partial charge in [-0.15, -0.1) is 0 Å². The predicted octanol–water partition coefficient (Wildman–Crippen LogP) is 5.24. The van der Waals surface area contributed by atoms with Crippen LogP contribution in [0.25, 0.3) is 22.4 Å². The summed E-state index contributed by atoms with van der Waals surface area (Å²) < 4.78 is 7.77. The van der Waals surface area contributed by atoms with Crippen molar-refractivity contribution in [1.29, 1.82) is 0 Å². The van der Waals surface area contributed by atoms with Gasteiger partial charge in [-0.2, -0.15) is 5.10 Å². The van der Waals surface area contributed by atoms with Crippen molar-refractivity contribution in [1.82, 2.24) is 9.55 Å². The van der Waals surface area contributed by atoms with Crippen LogP contribution in [0.1, 0.15) is 11.3 Å². The molecule has 0 amide bonds. The maximum absolute atomic E-state index is 6.18. The lowest BCUT2D eigenvalue weighted by molar-refractivity contribution is 0.575. The zero-order chi connectivity index (χ0) is 18.1. The second-order valence-electron chi connectivity index (χ2n) is 6.02. The van der Waals surface area contributed by atoms with Crippen molar-refractivity contribution in [3.05, 3.63) is 70.9 Å². The molecule has 0 atom stereocenters. The van der Waals surface area contributed by atoms with Gasteiger partial charge in [0.25, 0.3) is 0 Å². The first-order chi connectivity index (χ1) is 12.6. The molecule has 4 aromatic rings. The molecule has 0 saturated heterocycles. The van der Waals surface area contributed by atoms with Crippen LogP contribution >= 0.6 is 11.6 Å². The van der Waals surface area contributed by atoms with Gasteiger partial charge in [0.2, 0.25) is 5.95 Å².